The molecule has 0 aliphatic heterocycles. The topological polar surface area (TPSA) is 84.4 Å². The Morgan fingerprint density at radius 2 is 2.06 bits per heavy atom. The van der Waals surface area contributed by atoms with Crippen LogP contribution < -0.4 is 11.1 Å². The first-order chi connectivity index (χ1) is 8.58. The highest BCUT2D eigenvalue weighted by atomic mass is 16.6. The first kappa shape index (κ1) is 14.2. The highest BCUT2D eigenvalue weighted by molar-refractivity contribution is 5.65. The molecule has 0 radical (unpaired) electrons. The van der Waals surface area contributed by atoms with Crippen molar-refractivity contribution >= 4 is 17.1 Å². The lowest BCUT2D eigenvalue weighted by molar-refractivity contribution is -0.383. The minimum absolute atomic E-state index is 0.0516. The molecule has 0 aromatic heterocycles. The van der Waals surface area contributed by atoms with Gasteiger partial charge in [-0.15, -0.1) is 0 Å². The van der Waals surface area contributed by atoms with E-state index in [1.165, 1.54) is 6.07 Å². The maximum Gasteiger partial charge on any atom is 0.292 e. The van der Waals surface area contributed by atoms with E-state index in [0.717, 1.165) is 31.9 Å². The Morgan fingerprint density at radius 3 is 2.56 bits per heavy atom. The molecule has 0 unspecified atom stereocenters. The summed E-state index contributed by atoms with van der Waals surface area (Å²) in [6, 6.07) is 4.70. The molecule has 1 aromatic carbocycles. The lowest BCUT2D eigenvalue weighted by Crippen LogP contribution is -2.28. The van der Waals surface area contributed by atoms with Crippen molar-refractivity contribution in [2.24, 2.45) is 0 Å². The van der Waals surface area contributed by atoms with Crippen LogP contribution in [0.3, 0.4) is 0 Å². The van der Waals surface area contributed by atoms with E-state index in [0.29, 0.717) is 0 Å². The number of hydrogen-bond donors (Lipinski definition) is 2. The average Bonchev–Trinajstić information content (AvgIpc) is 2.34. The van der Waals surface area contributed by atoms with Crippen molar-refractivity contribution in [3.05, 3.63) is 28.3 Å². The van der Waals surface area contributed by atoms with E-state index in [1.54, 1.807) is 12.1 Å². The molecule has 0 aliphatic carbocycles. The van der Waals surface area contributed by atoms with Crippen LogP contribution in [0.4, 0.5) is 17.1 Å². The van der Waals surface area contributed by atoms with Crippen LogP contribution in [-0.4, -0.2) is 36.0 Å². The summed E-state index contributed by atoms with van der Waals surface area (Å²) in [5, 5.41) is 13.8. The van der Waals surface area contributed by atoms with Crippen molar-refractivity contribution in [3.63, 3.8) is 0 Å². The summed E-state index contributed by atoms with van der Waals surface area (Å²) >= 11 is 0. The second-order valence-electron chi connectivity index (χ2n) is 3.98. The summed E-state index contributed by atoms with van der Waals surface area (Å²) in [5.74, 6) is 0. The summed E-state index contributed by atoms with van der Waals surface area (Å²) in [5.41, 5.74) is 6.56. The van der Waals surface area contributed by atoms with E-state index in [4.69, 9.17) is 5.73 Å². The van der Waals surface area contributed by atoms with Gasteiger partial charge in [0.05, 0.1) is 4.92 Å². The Hall–Kier alpha value is -1.82. The molecule has 6 nitrogen and oxygen atoms in total. The maximum atomic E-state index is 10.6. The number of nitro groups is 1. The van der Waals surface area contributed by atoms with Gasteiger partial charge >= 0.3 is 0 Å². The van der Waals surface area contributed by atoms with Gasteiger partial charge in [0.15, 0.2) is 0 Å². The monoisotopic (exact) mass is 252 g/mol. The van der Waals surface area contributed by atoms with Crippen molar-refractivity contribution in [3.8, 4) is 0 Å². The van der Waals surface area contributed by atoms with Crippen LogP contribution in [0.5, 0.6) is 0 Å². The highest BCUT2D eigenvalue weighted by Crippen LogP contribution is 2.24. The van der Waals surface area contributed by atoms with Gasteiger partial charge in [-0.3, -0.25) is 10.1 Å². The third-order valence-corrected chi connectivity index (χ3v) is 2.88. The van der Waals surface area contributed by atoms with Gasteiger partial charge in [-0.2, -0.15) is 0 Å². The molecule has 0 fully saturated rings. The van der Waals surface area contributed by atoms with Gasteiger partial charge in [0.1, 0.15) is 5.69 Å². The average molecular weight is 252 g/mol. The number of nitrogen functional groups attached to an aromatic ring is 1. The van der Waals surface area contributed by atoms with E-state index in [2.05, 4.69) is 24.1 Å². The fourth-order valence-electron chi connectivity index (χ4n) is 1.73. The van der Waals surface area contributed by atoms with Crippen LogP contribution >= 0.6 is 0 Å². The van der Waals surface area contributed by atoms with Crippen molar-refractivity contribution in [2.75, 3.05) is 37.2 Å². The molecule has 0 aliphatic rings. The number of nitrogens with zero attached hydrogens (tertiary/aromatic N) is 2. The third kappa shape index (κ3) is 3.89. The normalized spacial score (nSPS) is 10.6. The van der Waals surface area contributed by atoms with Crippen molar-refractivity contribution < 1.29 is 4.92 Å². The summed E-state index contributed by atoms with van der Waals surface area (Å²) in [7, 11) is 0. The number of rotatable bonds is 7. The molecule has 0 atom stereocenters. The fourth-order valence-corrected chi connectivity index (χ4v) is 1.73. The Labute approximate surface area is 107 Å². The minimum Gasteiger partial charge on any atom is -0.393 e. The molecule has 1 aromatic rings. The predicted octanol–water partition coefficient (Wildman–Crippen LogP) is 1.93. The Bertz CT molecular complexity index is 405. The molecule has 0 bridgehead atoms. The molecule has 0 saturated carbocycles. The van der Waals surface area contributed by atoms with Crippen molar-refractivity contribution in [1.82, 2.24) is 4.90 Å². The predicted molar refractivity (Wildman–Crippen MR) is 73.8 cm³/mol. The van der Waals surface area contributed by atoms with Gasteiger partial charge in [-0.1, -0.05) is 13.8 Å². The SMILES string of the molecule is CCN(CC)CCNc1ccc([N+](=O)[O-])c(N)c1. The third-order valence-electron chi connectivity index (χ3n) is 2.88. The molecule has 0 saturated heterocycles. The summed E-state index contributed by atoms with van der Waals surface area (Å²) < 4.78 is 0. The van der Waals surface area contributed by atoms with Crippen LogP contribution in [0.1, 0.15) is 13.8 Å². The van der Waals surface area contributed by atoms with Crippen molar-refractivity contribution in [2.45, 2.75) is 13.8 Å². The first-order valence-electron chi connectivity index (χ1n) is 6.08. The zero-order valence-electron chi connectivity index (χ0n) is 10.8. The van der Waals surface area contributed by atoms with Crippen LogP contribution in [-0.2, 0) is 0 Å². The number of likely N-dealkylation sites (N-methyl/N-ethyl adjacent to an activating group) is 1. The molecule has 18 heavy (non-hydrogen) atoms. The Kier molecular flexibility index (Phi) is 5.38. The van der Waals surface area contributed by atoms with E-state index in [-0.39, 0.29) is 11.4 Å². The van der Waals surface area contributed by atoms with Crippen LogP contribution in [0.2, 0.25) is 0 Å². The maximum absolute atomic E-state index is 10.6. The Balaban J connectivity index is 2.53. The number of nitrogens with two attached hydrogens (primary N) is 1. The number of benzene rings is 1. The molecule has 0 heterocycles. The van der Waals surface area contributed by atoms with E-state index in [1.807, 2.05) is 0 Å². The molecule has 3 N–H and O–H groups in total. The molecule has 100 valence electrons. The quantitative estimate of drug-likeness (QED) is 0.440. The number of anilines is 2. The Morgan fingerprint density at radius 1 is 1.39 bits per heavy atom. The number of nitro benzene ring substituents is 1. The van der Waals surface area contributed by atoms with Gasteiger partial charge in [0.2, 0.25) is 0 Å². The van der Waals surface area contributed by atoms with Gasteiger partial charge in [0, 0.05) is 24.8 Å². The van der Waals surface area contributed by atoms with E-state index < -0.39 is 4.92 Å². The zero-order valence-corrected chi connectivity index (χ0v) is 10.8. The van der Waals surface area contributed by atoms with Crippen LogP contribution in [0, 0.1) is 10.1 Å². The first-order valence-corrected chi connectivity index (χ1v) is 6.08. The van der Waals surface area contributed by atoms with Gasteiger partial charge in [0.25, 0.3) is 5.69 Å². The second-order valence-corrected chi connectivity index (χ2v) is 3.98. The molecule has 1 rings (SSSR count). The fraction of sp³-hybridized carbons (Fsp3) is 0.500. The molecular formula is C12H20N4O2. The highest BCUT2D eigenvalue weighted by Gasteiger charge is 2.10. The zero-order chi connectivity index (χ0) is 13.5. The van der Waals surface area contributed by atoms with E-state index >= 15 is 0 Å². The smallest absolute Gasteiger partial charge is 0.292 e. The summed E-state index contributed by atoms with van der Waals surface area (Å²) in [6.45, 7) is 7.99. The van der Waals surface area contributed by atoms with Crippen molar-refractivity contribution in [1.29, 1.82) is 0 Å². The minimum atomic E-state index is -0.477. The lowest BCUT2D eigenvalue weighted by Gasteiger charge is -2.18. The summed E-state index contributed by atoms with van der Waals surface area (Å²) in [4.78, 5) is 12.4. The lowest BCUT2D eigenvalue weighted by atomic mass is 10.2. The van der Waals surface area contributed by atoms with E-state index in [9.17, 15) is 10.1 Å². The molecular weight excluding hydrogens is 232 g/mol. The molecule has 0 spiro atoms. The molecule has 0 amide bonds. The van der Waals surface area contributed by atoms with Gasteiger partial charge in [-0.05, 0) is 25.2 Å². The second kappa shape index (κ2) is 6.80. The number of nitrogens with one attached hydrogen (secondary N) is 1. The summed E-state index contributed by atoms with van der Waals surface area (Å²) in [6.07, 6.45) is 0. The molecule has 6 heteroatoms. The largest absolute Gasteiger partial charge is 0.393 e. The van der Waals surface area contributed by atoms with Gasteiger partial charge < -0.3 is 16.0 Å². The van der Waals surface area contributed by atoms with Gasteiger partial charge in [-0.25, -0.2) is 0 Å². The number of hydrogen-bond acceptors (Lipinski definition) is 5. The standard InChI is InChI=1S/C12H20N4O2/c1-3-15(4-2)8-7-14-10-5-6-12(16(17)18)11(13)9-10/h5-6,9,14H,3-4,7-8,13H2,1-2H3. The van der Waals surface area contributed by atoms with Crippen LogP contribution in [0.15, 0.2) is 18.2 Å². The van der Waals surface area contributed by atoms with Crippen LogP contribution in [0.25, 0.3) is 0 Å².